The molecule has 10 heteroatoms. The van der Waals surface area contributed by atoms with Gasteiger partial charge in [0.1, 0.15) is 29.8 Å². The van der Waals surface area contributed by atoms with Crippen molar-refractivity contribution in [2.24, 2.45) is 0 Å². The van der Waals surface area contributed by atoms with E-state index in [1.165, 1.54) is 6.07 Å². The van der Waals surface area contributed by atoms with Crippen LogP contribution in [-0.4, -0.2) is 97.1 Å². The molecule has 0 amide bonds. The Morgan fingerprint density at radius 3 is 2.72 bits per heavy atom. The van der Waals surface area contributed by atoms with Gasteiger partial charge < -0.3 is 33.8 Å². The maximum Gasteiger partial charge on any atom is 0.193 e. The minimum absolute atomic E-state index is 0.232. The lowest BCUT2D eigenvalue weighted by Gasteiger charge is -2.26. The van der Waals surface area contributed by atoms with Crippen LogP contribution in [-0.2, 0) is 14.2 Å². The zero-order chi connectivity index (χ0) is 24.5. The number of pyridine rings is 1. The van der Waals surface area contributed by atoms with Crippen LogP contribution in [0, 0.1) is 5.82 Å². The summed E-state index contributed by atoms with van der Waals surface area (Å²) in [6.45, 7) is 5.70. The van der Waals surface area contributed by atoms with Crippen LogP contribution in [0.15, 0.2) is 36.4 Å². The first-order valence-corrected chi connectivity index (χ1v) is 12.4. The Morgan fingerprint density at radius 2 is 1.89 bits per heavy atom. The molecule has 5 heterocycles. The second-order valence-corrected chi connectivity index (χ2v) is 9.39. The summed E-state index contributed by atoms with van der Waals surface area (Å²) in [5.74, 6) is 0.770. The third-order valence-electron chi connectivity index (χ3n) is 6.91. The summed E-state index contributed by atoms with van der Waals surface area (Å²) >= 11 is 0. The molecule has 36 heavy (non-hydrogen) atoms. The van der Waals surface area contributed by atoms with Gasteiger partial charge >= 0.3 is 0 Å². The number of hydrogen-bond acceptors (Lipinski definition) is 8. The highest BCUT2D eigenvalue weighted by atomic mass is 19.1. The van der Waals surface area contributed by atoms with Gasteiger partial charge in [-0.05, 0) is 30.7 Å². The Balaban J connectivity index is 1.08. The Kier molecular flexibility index (Phi) is 6.77. The lowest BCUT2D eigenvalue weighted by atomic mass is 10.1. The van der Waals surface area contributed by atoms with Crippen LogP contribution in [0.5, 0.6) is 11.6 Å². The van der Waals surface area contributed by atoms with Crippen LogP contribution in [0.4, 0.5) is 4.39 Å². The Bertz CT molecular complexity index is 1180. The Labute approximate surface area is 208 Å². The van der Waals surface area contributed by atoms with Crippen LogP contribution < -0.4 is 9.47 Å². The van der Waals surface area contributed by atoms with E-state index < -0.39 is 11.9 Å². The Hall–Kier alpha value is -2.76. The molecule has 3 fully saturated rings. The molecule has 1 unspecified atom stereocenters. The number of ether oxygens (including phenoxy) is 5. The van der Waals surface area contributed by atoms with Crippen molar-refractivity contribution in [3.63, 3.8) is 0 Å². The molecule has 192 valence electrons. The summed E-state index contributed by atoms with van der Waals surface area (Å²) in [6, 6.07) is 10.5. The molecule has 0 saturated carbocycles. The highest BCUT2D eigenvalue weighted by molar-refractivity contribution is 5.81. The molecule has 2 N–H and O–H groups in total. The second kappa shape index (κ2) is 10.3. The number of halogens is 1. The summed E-state index contributed by atoms with van der Waals surface area (Å²) in [4.78, 5) is 9.97. The molecule has 4 atom stereocenters. The van der Waals surface area contributed by atoms with Gasteiger partial charge in [-0.25, -0.2) is 9.37 Å². The fourth-order valence-electron chi connectivity index (χ4n) is 4.99. The molecule has 1 aromatic carbocycles. The van der Waals surface area contributed by atoms with Gasteiger partial charge in [0.2, 0.25) is 0 Å². The standard InChI is InChI=1S/C26H30FN3O6/c27-18-12-19-20(13-23(28-19)36-22-15-35-25-21(31)14-34-26(22)25)29-24(18)16-2-4-17(5-3-16)33-9-1-6-30-7-10-32-11-8-30/h2-5,12-13,21-22,25-26,28,31H,1,6-11,14-15H2/t21-,22-,25?,26-/m1/s1. The van der Waals surface area contributed by atoms with Gasteiger partial charge in [0.05, 0.1) is 44.1 Å². The molecule has 0 bridgehead atoms. The van der Waals surface area contributed by atoms with Gasteiger partial charge in [0.15, 0.2) is 17.8 Å². The van der Waals surface area contributed by atoms with E-state index in [2.05, 4.69) is 14.9 Å². The van der Waals surface area contributed by atoms with Crippen molar-refractivity contribution >= 4 is 11.0 Å². The summed E-state index contributed by atoms with van der Waals surface area (Å²) in [5, 5.41) is 9.91. The lowest BCUT2D eigenvalue weighted by molar-refractivity contribution is 0.00794. The van der Waals surface area contributed by atoms with Crippen molar-refractivity contribution in [3.8, 4) is 22.9 Å². The number of morpholine rings is 1. The maximum atomic E-state index is 14.9. The van der Waals surface area contributed by atoms with Gasteiger partial charge in [-0.2, -0.15) is 0 Å². The van der Waals surface area contributed by atoms with E-state index in [9.17, 15) is 9.50 Å². The smallest absolute Gasteiger partial charge is 0.193 e. The maximum absolute atomic E-state index is 14.9. The summed E-state index contributed by atoms with van der Waals surface area (Å²) in [7, 11) is 0. The van der Waals surface area contributed by atoms with Crippen molar-refractivity contribution in [2.45, 2.75) is 30.8 Å². The SMILES string of the molecule is O[C@@H]1CO[C@H]2C1OC[C@H]2Oc1cc2nc(-c3ccc(OCCCN4CCOCC4)cc3)c(F)cc2[nH]1. The highest BCUT2D eigenvalue weighted by Gasteiger charge is 2.48. The van der Waals surface area contributed by atoms with Crippen molar-refractivity contribution in [1.82, 2.24) is 14.9 Å². The van der Waals surface area contributed by atoms with E-state index in [0.29, 0.717) is 35.7 Å². The predicted octanol–water partition coefficient (Wildman–Crippen LogP) is 2.38. The van der Waals surface area contributed by atoms with E-state index in [4.69, 9.17) is 23.7 Å². The number of H-pyrrole nitrogens is 1. The normalized spacial score (nSPS) is 26.4. The average Bonchev–Trinajstić information content (AvgIpc) is 3.59. The van der Waals surface area contributed by atoms with Gasteiger partial charge in [-0.1, -0.05) is 0 Å². The minimum Gasteiger partial charge on any atom is -0.494 e. The number of hydrogen-bond donors (Lipinski definition) is 2. The minimum atomic E-state index is -0.642. The third-order valence-corrected chi connectivity index (χ3v) is 6.91. The molecule has 6 rings (SSSR count). The van der Waals surface area contributed by atoms with E-state index in [0.717, 1.165) is 45.0 Å². The molecule has 3 aliphatic rings. The van der Waals surface area contributed by atoms with E-state index >= 15 is 0 Å². The molecule has 3 aromatic rings. The molecule has 0 radical (unpaired) electrons. The van der Waals surface area contributed by atoms with E-state index in [1.807, 2.05) is 24.3 Å². The second-order valence-electron chi connectivity index (χ2n) is 9.39. The molecule has 0 spiro atoms. The quantitative estimate of drug-likeness (QED) is 0.456. The van der Waals surface area contributed by atoms with Gasteiger partial charge in [0, 0.05) is 37.3 Å². The number of rotatable bonds is 8. The highest BCUT2D eigenvalue weighted by Crippen LogP contribution is 2.32. The third kappa shape index (κ3) is 4.91. The van der Waals surface area contributed by atoms with Gasteiger partial charge in [0.25, 0.3) is 0 Å². The first kappa shape index (κ1) is 23.6. The molecule has 9 nitrogen and oxygen atoms in total. The largest absolute Gasteiger partial charge is 0.494 e. The Morgan fingerprint density at radius 1 is 1.08 bits per heavy atom. The fourth-order valence-corrected chi connectivity index (χ4v) is 4.99. The first-order valence-electron chi connectivity index (χ1n) is 12.4. The summed E-state index contributed by atoms with van der Waals surface area (Å²) in [6.07, 6.45) is -0.763. The number of nitrogens with one attached hydrogen (secondary N) is 1. The van der Waals surface area contributed by atoms with Crippen LogP contribution in [0.3, 0.4) is 0 Å². The summed E-state index contributed by atoms with van der Waals surface area (Å²) < 4.78 is 43.4. The number of aromatic amines is 1. The van der Waals surface area contributed by atoms with E-state index in [1.54, 1.807) is 6.07 Å². The number of aromatic nitrogens is 2. The van der Waals surface area contributed by atoms with Crippen LogP contribution >= 0.6 is 0 Å². The summed E-state index contributed by atoms with van der Waals surface area (Å²) in [5.41, 5.74) is 2.06. The molecule has 2 aromatic heterocycles. The van der Waals surface area contributed by atoms with Gasteiger partial charge in [-0.3, -0.25) is 4.90 Å². The van der Waals surface area contributed by atoms with Crippen molar-refractivity contribution in [3.05, 3.63) is 42.2 Å². The first-order chi connectivity index (χ1) is 17.6. The van der Waals surface area contributed by atoms with Gasteiger partial charge in [-0.15, -0.1) is 0 Å². The topological polar surface area (TPSA) is 98.3 Å². The molecule has 3 saturated heterocycles. The van der Waals surface area contributed by atoms with Crippen LogP contribution in [0.1, 0.15) is 6.42 Å². The van der Waals surface area contributed by atoms with Crippen LogP contribution in [0.25, 0.3) is 22.3 Å². The predicted molar refractivity (Wildman–Crippen MR) is 129 cm³/mol. The van der Waals surface area contributed by atoms with Crippen molar-refractivity contribution in [1.29, 1.82) is 0 Å². The number of aliphatic hydroxyl groups is 1. The van der Waals surface area contributed by atoms with E-state index in [-0.39, 0.29) is 30.6 Å². The molecule has 3 aliphatic heterocycles. The van der Waals surface area contributed by atoms with Crippen molar-refractivity contribution in [2.75, 3.05) is 52.7 Å². The van der Waals surface area contributed by atoms with Crippen LogP contribution in [0.2, 0.25) is 0 Å². The molecular formula is C26H30FN3O6. The van der Waals surface area contributed by atoms with Crippen molar-refractivity contribution < 1.29 is 33.2 Å². The number of benzene rings is 1. The number of nitrogens with zero attached hydrogens (tertiary/aromatic N) is 2. The average molecular weight is 500 g/mol. The zero-order valence-corrected chi connectivity index (χ0v) is 19.9. The molecule has 0 aliphatic carbocycles. The molecular weight excluding hydrogens is 469 g/mol. The number of fused-ring (bicyclic) bond motifs is 2. The fraction of sp³-hybridized carbons (Fsp3) is 0.500. The number of aliphatic hydroxyl groups excluding tert-OH is 1. The zero-order valence-electron chi connectivity index (χ0n) is 19.9. The monoisotopic (exact) mass is 499 g/mol. The lowest BCUT2D eigenvalue weighted by Crippen LogP contribution is -2.37.